The molecule has 5 heteroatoms. The van der Waals surface area contributed by atoms with E-state index in [0.717, 1.165) is 16.9 Å². The number of rotatable bonds is 3. The fraction of sp³-hybridized carbons (Fsp3) is 0.300. The number of nitrogens with one attached hydrogen (secondary N) is 1. The number of ether oxygens (including phenoxy) is 1. The van der Waals surface area contributed by atoms with E-state index in [1.807, 2.05) is 13.0 Å². The van der Waals surface area contributed by atoms with Crippen molar-refractivity contribution in [2.24, 2.45) is 0 Å². The number of hydrogen-bond acceptors (Lipinski definition) is 2. The minimum atomic E-state index is -0.380. The van der Waals surface area contributed by atoms with Gasteiger partial charge in [-0.15, -0.1) is 0 Å². The van der Waals surface area contributed by atoms with Crippen molar-refractivity contribution in [2.45, 2.75) is 13.5 Å². The Bertz CT molecular complexity index is 382. The molecule has 0 aliphatic carbocycles. The predicted molar refractivity (Wildman–Crippen MR) is 64.0 cm³/mol. The molecule has 1 rings (SSSR count). The number of methoxy groups -OCH3 is 1. The molecule has 0 aromatic heterocycles. The second-order valence-corrected chi connectivity index (χ2v) is 3.92. The highest BCUT2D eigenvalue weighted by atomic mass is 35.5. The molecule has 0 saturated heterocycles. The van der Waals surface area contributed by atoms with Crippen molar-refractivity contribution in [3.63, 3.8) is 0 Å². The van der Waals surface area contributed by atoms with Crippen molar-refractivity contribution in [3.05, 3.63) is 28.3 Å². The van der Waals surface area contributed by atoms with E-state index in [9.17, 15) is 4.79 Å². The summed E-state index contributed by atoms with van der Waals surface area (Å²) >= 11 is 9.53. The van der Waals surface area contributed by atoms with Crippen molar-refractivity contribution in [1.29, 1.82) is 0 Å². The van der Waals surface area contributed by atoms with Gasteiger partial charge < -0.3 is 10.1 Å². The molecule has 0 fully saturated rings. The fourth-order valence-corrected chi connectivity index (χ4v) is 1.77. The summed E-state index contributed by atoms with van der Waals surface area (Å²) in [5.74, 6) is 0.737. The highest BCUT2D eigenvalue weighted by molar-refractivity contribution is 7.96. The molecule has 1 aromatic rings. The van der Waals surface area contributed by atoms with Gasteiger partial charge in [-0.25, -0.2) is 0 Å². The Morgan fingerprint density at radius 2 is 2.27 bits per heavy atom. The summed E-state index contributed by atoms with van der Waals surface area (Å²) in [7, 11) is 1.59. The lowest BCUT2D eigenvalue weighted by Crippen LogP contribution is -2.16. The number of carbonyl (C=O) groups is 1. The first-order valence-electron chi connectivity index (χ1n) is 4.34. The zero-order valence-electron chi connectivity index (χ0n) is 8.50. The summed E-state index contributed by atoms with van der Waals surface area (Å²) in [5.41, 5.74) is 1.78. The first kappa shape index (κ1) is 12.2. The van der Waals surface area contributed by atoms with E-state index in [0.29, 0.717) is 11.6 Å². The molecular weight excluding hydrogens is 234 g/mol. The highest BCUT2D eigenvalue weighted by Gasteiger charge is 2.08. The summed E-state index contributed by atoms with van der Waals surface area (Å²) in [6.07, 6.45) is 0. The Labute approximate surface area is 99.2 Å². The lowest BCUT2D eigenvalue weighted by molar-refractivity contribution is 0.260. The van der Waals surface area contributed by atoms with Gasteiger partial charge in [0, 0.05) is 17.1 Å². The minimum Gasteiger partial charge on any atom is -0.496 e. The van der Waals surface area contributed by atoms with Crippen LogP contribution in [0.2, 0.25) is 5.02 Å². The molecule has 0 radical (unpaired) electrons. The van der Waals surface area contributed by atoms with Crippen LogP contribution in [0.3, 0.4) is 0 Å². The van der Waals surface area contributed by atoms with Gasteiger partial charge in [-0.1, -0.05) is 24.2 Å². The summed E-state index contributed by atoms with van der Waals surface area (Å²) < 4.78 is 5.23. The number of thiol groups is 1. The fourth-order valence-electron chi connectivity index (χ4n) is 1.39. The van der Waals surface area contributed by atoms with Gasteiger partial charge in [-0.05, 0) is 24.6 Å². The van der Waals surface area contributed by atoms with E-state index in [-0.39, 0.29) is 5.24 Å². The van der Waals surface area contributed by atoms with Gasteiger partial charge in [0.15, 0.2) is 0 Å². The third-order valence-corrected chi connectivity index (χ3v) is 2.33. The minimum absolute atomic E-state index is 0.354. The van der Waals surface area contributed by atoms with E-state index < -0.39 is 0 Å². The molecule has 1 aromatic carbocycles. The molecule has 82 valence electrons. The van der Waals surface area contributed by atoms with Crippen LogP contribution < -0.4 is 10.1 Å². The second-order valence-electron chi connectivity index (χ2n) is 3.07. The predicted octanol–water partition coefficient (Wildman–Crippen LogP) is 2.80. The van der Waals surface area contributed by atoms with Crippen molar-refractivity contribution in [1.82, 2.24) is 5.32 Å². The van der Waals surface area contributed by atoms with Crippen molar-refractivity contribution >= 4 is 29.5 Å². The maximum atomic E-state index is 10.7. The third kappa shape index (κ3) is 3.32. The Hall–Kier alpha value is -0.870. The van der Waals surface area contributed by atoms with E-state index in [1.165, 1.54) is 0 Å². The monoisotopic (exact) mass is 245 g/mol. The SMILES string of the molecule is COc1c(C)cc(Cl)cc1CNC(=O)S. The molecule has 0 bridgehead atoms. The summed E-state index contributed by atoms with van der Waals surface area (Å²) in [4.78, 5) is 10.7. The van der Waals surface area contributed by atoms with E-state index in [2.05, 4.69) is 17.9 Å². The molecule has 1 amide bonds. The number of hydrogen-bond donors (Lipinski definition) is 2. The van der Waals surface area contributed by atoms with Gasteiger partial charge in [0.25, 0.3) is 5.24 Å². The topological polar surface area (TPSA) is 38.3 Å². The van der Waals surface area contributed by atoms with Crippen molar-refractivity contribution in [2.75, 3.05) is 7.11 Å². The molecule has 0 heterocycles. The van der Waals surface area contributed by atoms with Gasteiger partial charge in [-0.2, -0.15) is 0 Å². The Morgan fingerprint density at radius 3 is 2.80 bits per heavy atom. The van der Waals surface area contributed by atoms with Crippen LogP contribution in [-0.2, 0) is 6.54 Å². The zero-order chi connectivity index (χ0) is 11.4. The first-order valence-corrected chi connectivity index (χ1v) is 5.17. The lowest BCUT2D eigenvalue weighted by Gasteiger charge is -2.12. The number of halogens is 1. The van der Waals surface area contributed by atoms with Crippen LogP contribution in [0, 0.1) is 6.92 Å². The van der Waals surface area contributed by atoms with Gasteiger partial charge in [0.1, 0.15) is 5.75 Å². The number of carbonyl (C=O) groups excluding carboxylic acids is 1. The number of amides is 1. The molecule has 0 saturated carbocycles. The van der Waals surface area contributed by atoms with E-state index >= 15 is 0 Å². The quantitative estimate of drug-likeness (QED) is 0.804. The second kappa shape index (κ2) is 5.28. The average Bonchev–Trinajstić information content (AvgIpc) is 2.13. The molecule has 0 aliphatic rings. The van der Waals surface area contributed by atoms with Crippen molar-refractivity contribution < 1.29 is 9.53 Å². The molecule has 0 atom stereocenters. The molecule has 15 heavy (non-hydrogen) atoms. The van der Waals surface area contributed by atoms with E-state index in [4.69, 9.17) is 16.3 Å². The molecular formula is C10H12ClNO2S. The Morgan fingerprint density at radius 1 is 1.60 bits per heavy atom. The molecule has 0 unspecified atom stereocenters. The maximum absolute atomic E-state index is 10.7. The number of aryl methyl sites for hydroxylation is 1. The maximum Gasteiger partial charge on any atom is 0.276 e. The molecule has 3 nitrogen and oxygen atoms in total. The highest BCUT2D eigenvalue weighted by Crippen LogP contribution is 2.27. The van der Waals surface area contributed by atoms with Crippen LogP contribution in [0.5, 0.6) is 5.75 Å². The van der Waals surface area contributed by atoms with Crippen LogP contribution in [-0.4, -0.2) is 12.3 Å². The van der Waals surface area contributed by atoms with Gasteiger partial charge in [-0.3, -0.25) is 4.79 Å². The molecule has 0 aliphatic heterocycles. The summed E-state index contributed by atoms with van der Waals surface area (Å²) in [5, 5.41) is 2.82. The van der Waals surface area contributed by atoms with Crippen LogP contribution >= 0.6 is 24.2 Å². The third-order valence-electron chi connectivity index (χ3n) is 1.95. The smallest absolute Gasteiger partial charge is 0.276 e. The van der Waals surface area contributed by atoms with Gasteiger partial charge in [0.05, 0.1) is 7.11 Å². The Balaban J connectivity index is 2.98. The lowest BCUT2D eigenvalue weighted by atomic mass is 10.1. The van der Waals surface area contributed by atoms with E-state index in [1.54, 1.807) is 13.2 Å². The van der Waals surface area contributed by atoms with Gasteiger partial charge >= 0.3 is 0 Å². The van der Waals surface area contributed by atoms with Crippen LogP contribution in [0.15, 0.2) is 12.1 Å². The van der Waals surface area contributed by atoms with Gasteiger partial charge in [0.2, 0.25) is 0 Å². The summed E-state index contributed by atoms with van der Waals surface area (Å²) in [6, 6.07) is 3.57. The Kier molecular flexibility index (Phi) is 4.29. The zero-order valence-corrected chi connectivity index (χ0v) is 10.2. The molecule has 0 spiro atoms. The van der Waals surface area contributed by atoms with Crippen LogP contribution in [0.1, 0.15) is 11.1 Å². The normalized spacial score (nSPS) is 9.87. The average molecular weight is 246 g/mol. The summed E-state index contributed by atoms with van der Waals surface area (Å²) in [6.45, 7) is 2.25. The van der Waals surface area contributed by atoms with Crippen LogP contribution in [0.4, 0.5) is 4.79 Å². The van der Waals surface area contributed by atoms with Crippen molar-refractivity contribution in [3.8, 4) is 5.75 Å². The standard InChI is InChI=1S/C10H12ClNO2S/c1-6-3-8(11)4-7(9(6)14-2)5-12-10(13)15/h3-4H,5H2,1-2H3,(H2,12,13,15). The molecule has 1 N–H and O–H groups in total. The largest absolute Gasteiger partial charge is 0.496 e. The first-order chi connectivity index (χ1) is 7.04. The van der Waals surface area contributed by atoms with Crippen LogP contribution in [0.25, 0.3) is 0 Å². The number of benzene rings is 1.